The quantitative estimate of drug-likeness (QED) is 0.670. The number of sulfonamides is 1. The molecule has 2 aromatic rings. The zero-order chi connectivity index (χ0) is 21.9. The first kappa shape index (κ1) is 22.6. The number of rotatable bonds is 5. The van der Waals surface area contributed by atoms with Crippen molar-refractivity contribution in [1.82, 2.24) is 4.31 Å². The molecule has 0 bridgehead atoms. The van der Waals surface area contributed by atoms with Gasteiger partial charge in [0, 0.05) is 23.8 Å². The van der Waals surface area contributed by atoms with Crippen LogP contribution in [0.25, 0.3) is 0 Å². The van der Waals surface area contributed by atoms with Gasteiger partial charge in [-0.05, 0) is 55.3 Å². The second-order valence-electron chi connectivity index (χ2n) is 6.83. The molecular weight excluding hydrogens is 451 g/mol. The van der Waals surface area contributed by atoms with E-state index in [2.05, 4.69) is 10.1 Å². The summed E-state index contributed by atoms with van der Waals surface area (Å²) in [5, 5.41) is 3.38. The van der Waals surface area contributed by atoms with Gasteiger partial charge < -0.3 is 10.1 Å². The normalized spacial score (nSPS) is 17.4. The summed E-state index contributed by atoms with van der Waals surface area (Å²) in [6, 6.07) is 10.4. The summed E-state index contributed by atoms with van der Waals surface area (Å²) in [7, 11) is -2.49. The first-order valence-corrected chi connectivity index (χ1v) is 11.4. The minimum absolute atomic E-state index is 0.0637. The second-order valence-corrected chi connectivity index (χ2v) is 9.61. The molecule has 1 amide bonds. The van der Waals surface area contributed by atoms with Crippen LogP contribution >= 0.6 is 23.2 Å². The summed E-state index contributed by atoms with van der Waals surface area (Å²) >= 11 is 11.8. The van der Waals surface area contributed by atoms with E-state index in [0.717, 1.165) is 0 Å². The van der Waals surface area contributed by atoms with Gasteiger partial charge in [0.25, 0.3) is 0 Å². The highest BCUT2D eigenvalue weighted by molar-refractivity contribution is 7.89. The highest BCUT2D eigenvalue weighted by Gasteiger charge is 2.33. The van der Waals surface area contributed by atoms with E-state index < -0.39 is 21.9 Å². The van der Waals surface area contributed by atoms with E-state index in [1.54, 1.807) is 6.07 Å². The van der Waals surface area contributed by atoms with E-state index in [1.807, 2.05) is 0 Å². The van der Waals surface area contributed by atoms with Gasteiger partial charge in [-0.3, -0.25) is 4.79 Å². The molecule has 1 unspecified atom stereocenters. The van der Waals surface area contributed by atoms with E-state index >= 15 is 0 Å². The molecule has 1 aliphatic rings. The monoisotopic (exact) mass is 470 g/mol. The third-order valence-corrected chi connectivity index (χ3v) is 7.31. The van der Waals surface area contributed by atoms with Crippen LogP contribution in [0, 0.1) is 5.92 Å². The number of benzene rings is 2. The van der Waals surface area contributed by atoms with Crippen molar-refractivity contribution in [3.63, 3.8) is 0 Å². The Labute approximate surface area is 185 Å². The molecule has 30 heavy (non-hydrogen) atoms. The molecule has 0 aliphatic carbocycles. The van der Waals surface area contributed by atoms with Crippen molar-refractivity contribution in [2.75, 3.05) is 25.5 Å². The minimum atomic E-state index is -3.73. The van der Waals surface area contributed by atoms with Crippen molar-refractivity contribution < 1.29 is 22.7 Å². The Bertz CT molecular complexity index is 1060. The zero-order valence-corrected chi connectivity index (χ0v) is 18.4. The Kier molecular flexibility index (Phi) is 7.02. The number of piperidine rings is 1. The average molecular weight is 471 g/mol. The van der Waals surface area contributed by atoms with Crippen LogP contribution in [0.15, 0.2) is 47.4 Å². The number of carbonyl (C=O) groups excluding carboxylic acids is 2. The van der Waals surface area contributed by atoms with E-state index in [4.69, 9.17) is 23.2 Å². The number of methoxy groups -OCH3 is 1. The second kappa shape index (κ2) is 9.34. The molecule has 2 aromatic carbocycles. The number of anilines is 1. The van der Waals surface area contributed by atoms with Crippen LogP contribution in [0.1, 0.15) is 23.2 Å². The van der Waals surface area contributed by atoms with Crippen LogP contribution in [0.2, 0.25) is 10.0 Å². The lowest BCUT2D eigenvalue weighted by atomic mass is 9.98. The Morgan fingerprint density at radius 1 is 1.13 bits per heavy atom. The van der Waals surface area contributed by atoms with E-state index in [1.165, 1.54) is 47.8 Å². The van der Waals surface area contributed by atoms with Crippen molar-refractivity contribution in [3.05, 3.63) is 58.1 Å². The highest BCUT2D eigenvalue weighted by Crippen LogP contribution is 2.27. The number of esters is 1. The Morgan fingerprint density at radius 2 is 1.83 bits per heavy atom. The maximum atomic E-state index is 12.9. The Morgan fingerprint density at radius 3 is 2.50 bits per heavy atom. The van der Waals surface area contributed by atoms with Gasteiger partial charge in [-0.15, -0.1) is 0 Å². The van der Waals surface area contributed by atoms with Crippen molar-refractivity contribution in [2.45, 2.75) is 17.7 Å². The van der Waals surface area contributed by atoms with Crippen molar-refractivity contribution >= 4 is 50.8 Å². The number of ether oxygens (including phenoxy) is 1. The van der Waals surface area contributed by atoms with Gasteiger partial charge in [0.1, 0.15) is 0 Å². The molecule has 0 spiro atoms. The number of amides is 1. The van der Waals surface area contributed by atoms with E-state index in [9.17, 15) is 18.0 Å². The van der Waals surface area contributed by atoms with Gasteiger partial charge in [0.05, 0.1) is 28.5 Å². The van der Waals surface area contributed by atoms with Gasteiger partial charge >= 0.3 is 5.97 Å². The molecule has 1 aliphatic heterocycles. The number of nitrogens with zero attached hydrogens (tertiary/aromatic N) is 1. The standard InChI is InChI=1S/C20H20Cl2N2O5S/c1-29-20(26)17-11-15(6-9-18(17)22)23-19(25)13-3-2-10-24(12-13)30(27,28)16-7-4-14(21)5-8-16/h4-9,11,13H,2-3,10,12H2,1H3,(H,23,25). The molecule has 160 valence electrons. The van der Waals surface area contributed by atoms with Crippen LogP contribution in [0.3, 0.4) is 0 Å². The molecule has 1 fully saturated rings. The maximum absolute atomic E-state index is 12.9. The lowest BCUT2D eigenvalue weighted by Gasteiger charge is -2.31. The molecule has 1 heterocycles. The number of carbonyl (C=O) groups is 2. The van der Waals surface area contributed by atoms with Crippen molar-refractivity contribution in [1.29, 1.82) is 0 Å². The van der Waals surface area contributed by atoms with Gasteiger partial charge in [-0.25, -0.2) is 13.2 Å². The molecule has 7 nitrogen and oxygen atoms in total. The van der Waals surface area contributed by atoms with Crippen LogP contribution < -0.4 is 5.32 Å². The molecular formula is C20H20Cl2N2O5S. The minimum Gasteiger partial charge on any atom is -0.465 e. The molecule has 1 atom stereocenters. The summed E-state index contributed by atoms with van der Waals surface area (Å²) in [6.07, 6.45) is 1.11. The number of hydrogen-bond acceptors (Lipinski definition) is 5. The smallest absolute Gasteiger partial charge is 0.339 e. The summed E-state index contributed by atoms with van der Waals surface area (Å²) in [5.74, 6) is -1.48. The number of nitrogens with one attached hydrogen (secondary N) is 1. The van der Waals surface area contributed by atoms with E-state index in [-0.39, 0.29) is 27.9 Å². The topological polar surface area (TPSA) is 92.8 Å². The van der Waals surface area contributed by atoms with Gasteiger partial charge in [0.15, 0.2) is 0 Å². The Balaban J connectivity index is 1.73. The van der Waals surface area contributed by atoms with Crippen LogP contribution in [-0.2, 0) is 19.6 Å². The van der Waals surface area contributed by atoms with Gasteiger partial charge in [-0.2, -0.15) is 4.31 Å². The summed E-state index contributed by atoms with van der Waals surface area (Å²) < 4.78 is 31.8. The van der Waals surface area contributed by atoms with Crippen molar-refractivity contribution in [2.24, 2.45) is 5.92 Å². The fraction of sp³-hybridized carbons (Fsp3) is 0.300. The first-order valence-electron chi connectivity index (χ1n) is 9.17. The molecule has 0 saturated carbocycles. The Hall–Kier alpha value is -2.13. The molecule has 10 heteroatoms. The molecule has 0 radical (unpaired) electrons. The zero-order valence-electron chi connectivity index (χ0n) is 16.1. The third-order valence-electron chi connectivity index (χ3n) is 4.85. The SMILES string of the molecule is COC(=O)c1cc(NC(=O)C2CCCN(S(=O)(=O)c3ccc(Cl)cc3)C2)ccc1Cl. The maximum Gasteiger partial charge on any atom is 0.339 e. The summed E-state index contributed by atoms with van der Waals surface area (Å²) in [4.78, 5) is 24.7. The predicted octanol–water partition coefficient (Wildman–Crippen LogP) is 3.82. The summed E-state index contributed by atoms with van der Waals surface area (Å²) in [5.41, 5.74) is 0.509. The molecule has 1 N–H and O–H groups in total. The molecule has 0 aromatic heterocycles. The third kappa shape index (κ3) is 4.95. The molecule has 1 saturated heterocycles. The lowest BCUT2D eigenvalue weighted by Crippen LogP contribution is -2.43. The van der Waals surface area contributed by atoms with Crippen molar-refractivity contribution in [3.8, 4) is 0 Å². The predicted molar refractivity (Wildman–Crippen MR) is 114 cm³/mol. The lowest BCUT2D eigenvalue weighted by molar-refractivity contribution is -0.120. The average Bonchev–Trinajstić information content (AvgIpc) is 2.75. The van der Waals surface area contributed by atoms with Gasteiger partial charge in [-0.1, -0.05) is 23.2 Å². The summed E-state index contributed by atoms with van der Waals surface area (Å²) in [6.45, 7) is 0.399. The fourth-order valence-corrected chi connectivity index (χ4v) is 5.09. The fourth-order valence-electron chi connectivity index (χ4n) is 3.24. The first-order chi connectivity index (χ1) is 14.2. The number of hydrogen-bond donors (Lipinski definition) is 1. The van der Waals surface area contributed by atoms with Crippen LogP contribution in [0.4, 0.5) is 5.69 Å². The largest absolute Gasteiger partial charge is 0.465 e. The van der Waals surface area contributed by atoms with Crippen LogP contribution in [-0.4, -0.2) is 44.8 Å². The number of halogens is 2. The highest BCUT2D eigenvalue weighted by atomic mass is 35.5. The molecule has 3 rings (SSSR count). The van der Waals surface area contributed by atoms with Crippen LogP contribution in [0.5, 0.6) is 0 Å². The van der Waals surface area contributed by atoms with Gasteiger partial charge in [0.2, 0.25) is 15.9 Å². The van der Waals surface area contributed by atoms with E-state index in [0.29, 0.717) is 30.1 Å².